The van der Waals surface area contributed by atoms with Crippen LogP contribution in [0.2, 0.25) is 0 Å². The molecule has 1 aliphatic heterocycles. The van der Waals surface area contributed by atoms with Crippen molar-refractivity contribution < 1.29 is 0 Å². The maximum Gasteiger partial charge on any atom is 0.191 e. The molecule has 1 saturated heterocycles. The Morgan fingerprint density at radius 2 is 2.00 bits per heavy atom. The van der Waals surface area contributed by atoms with Gasteiger partial charge in [-0.15, -0.1) is 24.0 Å². The third-order valence-electron chi connectivity index (χ3n) is 4.44. The van der Waals surface area contributed by atoms with Gasteiger partial charge >= 0.3 is 0 Å². The Labute approximate surface area is 183 Å². The number of anilines is 1. The Morgan fingerprint density at radius 3 is 2.70 bits per heavy atom. The fourth-order valence-corrected chi connectivity index (χ4v) is 3.52. The number of aliphatic imine (C=N–C) groups is 1. The first-order valence-corrected chi connectivity index (χ1v) is 10.1. The number of hydrogen-bond donors (Lipinski definition) is 2. The zero-order valence-electron chi connectivity index (χ0n) is 16.0. The molecular weight excluding hydrogens is 471 g/mol. The van der Waals surface area contributed by atoms with E-state index in [0.717, 1.165) is 51.0 Å². The van der Waals surface area contributed by atoms with Crippen LogP contribution in [0.3, 0.4) is 0 Å². The Bertz CT molecular complexity index is 698. The number of thiophene rings is 1. The summed E-state index contributed by atoms with van der Waals surface area (Å²) in [7, 11) is 2.17. The van der Waals surface area contributed by atoms with E-state index in [1.807, 2.05) is 6.20 Å². The average Bonchev–Trinajstić information content (AvgIpc) is 3.18. The fraction of sp³-hybridized carbons (Fsp3) is 0.474. The number of aromatic nitrogens is 1. The van der Waals surface area contributed by atoms with Gasteiger partial charge in [0.25, 0.3) is 0 Å². The second kappa shape index (κ2) is 11.5. The van der Waals surface area contributed by atoms with Gasteiger partial charge in [0.15, 0.2) is 5.96 Å². The van der Waals surface area contributed by atoms with Gasteiger partial charge in [-0.3, -0.25) is 0 Å². The third kappa shape index (κ3) is 6.93. The molecule has 0 atom stereocenters. The maximum absolute atomic E-state index is 4.66. The van der Waals surface area contributed by atoms with Crippen LogP contribution >= 0.6 is 35.3 Å². The summed E-state index contributed by atoms with van der Waals surface area (Å²) in [5.41, 5.74) is 2.46. The lowest BCUT2D eigenvalue weighted by molar-refractivity contribution is 0.312. The molecule has 2 aromatic heterocycles. The molecule has 0 radical (unpaired) electrons. The van der Waals surface area contributed by atoms with E-state index >= 15 is 0 Å². The number of likely N-dealkylation sites (N-methyl/N-ethyl adjacent to an activating group) is 1. The summed E-state index contributed by atoms with van der Waals surface area (Å²) >= 11 is 1.71. The quantitative estimate of drug-likeness (QED) is 0.363. The zero-order valence-corrected chi connectivity index (χ0v) is 19.2. The minimum atomic E-state index is 0. The number of hydrogen-bond acceptors (Lipinski definition) is 5. The summed E-state index contributed by atoms with van der Waals surface area (Å²) in [4.78, 5) is 13.9. The van der Waals surface area contributed by atoms with Gasteiger partial charge in [0.2, 0.25) is 0 Å². The molecule has 1 fully saturated rings. The van der Waals surface area contributed by atoms with Crippen molar-refractivity contribution in [3.8, 4) is 0 Å². The largest absolute Gasteiger partial charge is 0.357 e. The van der Waals surface area contributed by atoms with Crippen molar-refractivity contribution in [3.05, 3.63) is 46.3 Å². The number of nitrogens with one attached hydrogen (secondary N) is 2. The van der Waals surface area contributed by atoms with E-state index in [0.29, 0.717) is 6.54 Å². The fourth-order valence-electron chi connectivity index (χ4n) is 2.86. The minimum Gasteiger partial charge on any atom is -0.357 e. The third-order valence-corrected chi connectivity index (χ3v) is 5.17. The van der Waals surface area contributed by atoms with Crippen molar-refractivity contribution >= 4 is 47.1 Å². The molecule has 0 aliphatic carbocycles. The molecule has 0 bridgehead atoms. The molecule has 1 aliphatic rings. The molecule has 0 saturated carbocycles. The molecule has 0 amide bonds. The van der Waals surface area contributed by atoms with Crippen molar-refractivity contribution in [1.82, 2.24) is 20.5 Å². The Kier molecular flexibility index (Phi) is 9.29. The zero-order chi connectivity index (χ0) is 18.2. The number of halogens is 1. The van der Waals surface area contributed by atoms with Crippen LogP contribution < -0.4 is 15.5 Å². The molecule has 27 heavy (non-hydrogen) atoms. The molecule has 6 nitrogen and oxygen atoms in total. The van der Waals surface area contributed by atoms with Crippen LogP contribution in [0.5, 0.6) is 0 Å². The Morgan fingerprint density at radius 1 is 1.19 bits per heavy atom. The lowest BCUT2D eigenvalue weighted by atomic mass is 10.2. The molecule has 8 heteroatoms. The van der Waals surface area contributed by atoms with E-state index in [2.05, 4.69) is 73.3 Å². The van der Waals surface area contributed by atoms with Gasteiger partial charge in [-0.25, -0.2) is 9.98 Å². The van der Waals surface area contributed by atoms with Crippen LogP contribution in [-0.2, 0) is 13.1 Å². The summed E-state index contributed by atoms with van der Waals surface area (Å²) in [6, 6.07) is 6.36. The molecule has 2 N–H and O–H groups in total. The molecule has 0 spiro atoms. The van der Waals surface area contributed by atoms with Crippen LogP contribution in [0, 0.1) is 0 Å². The van der Waals surface area contributed by atoms with Gasteiger partial charge in [0.05, 0.1) is 6.54 Å². The molecule has 3 heterocycles. The first kappa shape index (κ1) is 21.9. The molecule has 148 valence electrons. The summed E-state index contributed by atoms with van der Waals surface area (Å²) in [5.74, 6) is 1.91. The second-order valence-corrected chi connectivity index (χ2v) is 7.27. The molecular formula is C19H29IN6S. The SMILES string of the molecule is CCNC(=NCc1ccsc1)NCc1ccnc(N2CCN(C)CC2)c1.I. The van der Waals surface area contributed by atoms with E-state index in [4.69, 9.17) is 0 Å². The van der Waals surface area contributed by atoms with Gasteiger partial charge in [0, 0.05) is 45.5 Å². The highest BCUT2D eigenvalue weighted by atomic mass is 127. The van der Waals surface area contributed by atoms with Crippen molar-refractivity contribution in [1.29, 1.82) is 0 Å². The molecule has 0 unspecified atom stereocenters. The number of nitrogens with zero attached hydrogens (tertiary/aromatic N) is 4. The van der Waals surface area contributed by atoms with Crippen molar-refractivity contribution in [2.45, 2.75) is 20.0 Å². The van der Waals surface area contributed by atoms with E-state index in [1.54, 1.807) is 11.3 Å². The van der Waals surface area contributed by atoms with Crippen molar-refractivity contribution in [2.75, 3.05) is 44.7 Å². The highest BCUT2D eigenvalue weighted by Gasteiger charge is 2.15. The number of pyridine rings is 1. The maximum atomic E-state index is 4.66. The number of guanidine groups is 1. The van der Waals surface area contributed by atoms with Crippen LogP contribution in [0.4, 0.5) is 5.82 Å². The second-order valence-electron chi connectivity index (χ2n) is 6.49. The van der Waals surface area contributed by atoms with Crippen LogP contribution in [0.1, 0.15) is 18.1 Å². The predicted octanol–water partition coefficient (Wildman–Crippen LogP) is 2.77. The first-order chi connectivity index (χ1) is 12.7. The number of rotatable bonds is 6. The van der Waals surface area contributed by atoms with Gasteiger partial charge in [-0.05, 0) is 54.1 Å². The average molecular weight is 500 g/mol. The summed E-state index contributed by atoms with van der Waals surface area (Å²) in [6.45, 7) is 8.60. The van der Waals surface area contributed by atoms with E-state index < -0.39 is 0 Å². The summed E-state index contributed by atoms with van der Waals surface area (Å²) < 4.78 is 0. The molecule has 3 rings (SSSR count). The van der Waals surface area contributed by atoms with Gasteiger partial charge in [0.1, 0.15) is 5.82 Å². The van der Waals surface area contributed by atoms with Gasteiger partial charge in [-0.2, -0.15) is 11.3 Å². The van der Waals surface area contributed by atoms with Crippen LogP contribution in [0.25, 0.3) is 0 Å². The smallest absolute Gasteiger partial charge is 0.191 e. The number of piperazine rings is 1. The topological polar surface area (TPSA) is 55.8 Å². The van der Waals surface area contributed by atoms with Crippen LogP contribution in [0.15, 0.2) is 40.1 Å². The standard InChI is InChI=1S/C19H28N6S.HI/c1-3-20-19(23-14-17-5-11-26-15-17)22-13-16-4-6-21-18(12-16)25-9-7-24(2)8-10-25;/h4-6,11-12,15H,3,7-10,13-14H2,1-2H3,(H2,20,22,23);1H. The molecule has 0 aromatic carbocycles. The van der Waals surface area contributed by atoms with Crippen LogP contribution in [-0.4, -0.2) is 55.6 Å². The Balaban J connectivity index is 0.00000261. The van der Waals surface area contributed by atoms with Gasteiger partial charge in [-0.1, -0.05) is 0 Å². The Hall–Kier alpha value is -1.39. The summed E-state index contributed by atoms with van der Waals surface area (Å²) in [6.07, 6.45) is 1.90. The van der Waals surface area contributed by atoms with E-state index in [9.17, 15) is 0 Å². The van der Waals surface area contributed by atoms with Crippen molar-refractivity contribution in [3.63, 3.8) is 0 Å². The highest BCUT2D eigenvalue weighted by molar-refractivity contribution is 14.0. The minimum absolute atomic E-state index is 0. The normalized spacial score (nSPS) is 15.3. The lowest BCUT2D eigenvalue weighted by Gasteiger charge is -2.33. The van der Waals surface area contributed by atoms with E-state index in [1.165, 1.54) is 11.1 Å². The molecule has 2 aromatic rings. The predicted molar refractivity (Wildman–Crippen MR) is 125 cm³/mol. The highest BCUT2D eigenvalue weighted by Crippen LogP contribution is 2.14. The monoisotopic (exact) mass is 500 g/mol. The van der Waals surface area contributed by atoms with Crippen molar-refractivity contribution in [2.24, 2.45) is 4.99 Å². The summed E-state index contributed by atoms with van der Waals surface area (Å²) in [5, 5.41) is 11.0. The first-order valence-electron chi connectivity index (χ1n) is 9.16. The van der Waals surface area contributed by atoms with Gasteiger partial charge < -0.3 is 20.4 Å². The van der Waals surface area contributed by atoms with E-state index in [-0.39, 0.29) is 24.0 Å². The lowest BCUT2D eigenvalue weighted by Crippen LogP contribution is -2.44.